The molecular weight excluding hydrogens is 689 g/mol. The van der Waals surface area contributed by atoms with Gasteiger partial charge in [-0.15, -0.1) is 6.42 Å². The number of terminal acetylenes is 1. The van der Waals surface area contributed by atoms with Crippen molar-refractivity contribution < 1.29 is 26.7 Å². The summed E-state index contributed by atoms with van der Waals surface area (Å²) in [7, 11) is 0. The summed E-state index contributed by atoms with van der Waals surface area (Å²) < 4.78 is 77.3. The van der Waals surface area contributed by atoms with Gasteiger partial charge in [-0.25, -0.2) is 13.8 Å². The van der Waals surface area contributed by atoms with Crippen LogP contribution in [-0.2, 0) is 6.42 Å². The van der Waals surface area contributed by atoms with Crippen LogP contribution in [-0.4, -0.2) is 94.9 Å². The van der Waals surface area contributed by atoms with Gasteiger partial charge in [-0.2, -0.15) is 23.1 Å². The highest BCUT2D eigenvalue weighted by Gasteiger charge is 2.46. The molecule has 2 aromatic heterocycles. The van der Waals surface area contributed by atoms with Gasteiger partial charge in [0, 0.05) is 67.2 Å². The number of alkyl halides is 3. The predicted molar refractivity (Wildman–Crippen MR) is 195 cm³/mol. The first-order chi connectivity index (χ1) is 25.4. The maximum Gasteiger partial charge on any atom is 0.401 e. The highest BCUT2D eigenvalue weighted by molar-refractivity contribution is 6.02. The number of benzene rings is 2. The smallest absolute Gasteiger partial charge is 0.401 e. The Bertz CT molecular complexity index is 2070. The first-order valence-corrected chi connectivity index (χ1v) is 18.7. The third-order valence-electron chi connectivity index (χ3n) is 11.5. The number of fused-ring (bicyclic) bond motifs is 1. The van der Waals surface area contributed by atoms with Crippen molar-refractivity contribution in [2.24, 2.45) is 11.3 Å². The van der Waals surface area contributed by atoms with E-state index in [1.54, 1.807) is 18.2 Å². The third kappa shape index (κ3) is 7.38. The van der Waals surface area contributed by atoms with Crippen LogP contribution in [0.25, 0.3) is 32.9 Å². The van der Waals surface area contributed by atoms with Gasteiger partial charge in [0.25, 0.3) is 0 Å². The van der Waals surface area contributed by atoms with Crippen LogP contribution in [0.5, 0.6) is 6.01 Å². The van der Waals surface area contributed by atoms with Gasteiger partial charge in [0.1, 0.15) is 22.8 Å². The molecule has 2 N–H and O–H groups in total. The fraction of sp³-hybridized carbons (Fsp3) is 0.525. The van der Waals surface area contributed by atoms with Crippen LogP contribution in [0.15, 0.2) is 30.3 Å². The molecule has 4 heterocycles. The topological polar surface area (TPSA) is 78.4 Å². The molecule has 8 nitrogen and oxygen atoms in total. The van der Waals surface area contributed by atoms with Crippen LogP contribution >= 0.6 is 0 Å². The number of piperazine rings is 1. The Morgan fingerprint density at radius 1 is 1.04 bits per heavy atom. The first-order valence-electron chi connectivity index (χ1n) is 18.7. The highest BCUT2D eigenvalue weighted by Crippen LogP contribution is 2.47. The molecule has 280 valence electrons. The SMILES string of the molecule is C#Cc1c(F)ccc2cccc(-c3nc4c5c(nc(OCC6(CN7CCN(CC(F)(F)F)CC7)CC6)nc5c3F)N[C@H]([C@H](CC)NC3CC3)[C@@H](C)C4)c12. The predicted octanol–water partition coefficient (Wildman–Crippen LogP) is 6.95. The molecule has 4 aromatic rings. The van der Waals surface area contributed by atoms with Crippen molar-refractivity contribution in [1.29, 1.82) is 0 Å². The summed E-state index contributed by atoms with van der Waals surface area (Å²) in [5.74, 6) is 1.76. The Morgan fingerprint density at radius 2 is 1.79 bits per heavy atom. The zero-order chi connectivity index (χ0) is 37.1. The molecular formula is C40H44F5N7O. The standard InChI is InChI=1S/C40H44F5N7O/c1-4-26-28(41)12-9-24-7-6-8-27(31(24)26)35-33(42)36-32-30(47-35)19-23(3)34(29(5-2)46-25-10-11-25)48-37(32)50-38(49-36)53-22-39(13-14-39)20-51-15-17-52(18-16-51)21-40(43,44)45/h1,6-9,12,23,25,29,34,46H,5,10-11,13-22H2,2-3H3,(H,48,49,50)/t23-,29-,34-/m0/s1. The van der Waals surface area contributed by atoms with E-state index in [4.69, 9.17) is 26.1 Å². The summed E-state index contributed by atoms with van der Waals surface area (Å²) >= 11 is 0. The second-order valence-electron chi connectivity index (χ2n) is 15.5. The van der Waals surface area contributed by atoms with Crippen LogP contribution in [0, 0.1) is 35.3 Å². The van der Waals surface area contributed by atoms with Crippen LogP contribution in [0.2, 0.25) is 0 Å². The molecule has 8 rings (SSSR count). The van der Waals surface area contributed by atoms with Crippen molar-refractivity contribution in [2.45, 2.75) is 76.7 Å². The van der Waals surface area contributed by atoms with Gasteiger partial charge in [0.2, 0.25) is 0 Å². The van der Waals surface area contributed by atoms with Gasteiger partial charge in [-0.05, 0) is 55.9 Å². The number of hydrogen-bond donors (Lipinski definition) is 2. The van der Waals surface area contributed by atoms with Gasteiger partial charge in [0.05, 0.1) is 29.8 Å². The Morgan fingerprint density at radius 3 is 2.47 bits per heavy atom. The number of halogens is 5. The van der Waals surface area contributed by atoms with Gasteiger partial charge in [-0.3, -0.25) is 4.90 Å². The largest absolute Gasteiger partial charge is 0.463 e. The molecule has 2 saturated carbocycles. The molecule has 0 spiro atoms. The normalized spacial score (nSPS) is 22.3. The summed E-state index contributed by atoms with van der Waals surface area (Å²) in [6.45, 7) is 6.22. The van der Waals surface area contributed by atoms with Gasteiger partial charge >= 0.3 is 12.2 Å². The summed E-state index contributed by atoms with van der Waals surface area (Å²) in [6, 6.07) is 8.84. The minimum atomic E-state index is -4.21. The number of hydrogen-bond acceptors (Lipinski definition) is 8. The van der Waals surface area contributed by atoms with Gasteiger partial charge in [-0.1, -0.05) is 44.0 Å². The fourth-order valence-corrected chi connectivity index (χ4v) is 8.25. The second-order valence-corrected chi connectivity index (χ2v) is 15.5. The number of nitrogens with zero attached hydrogens (tertiary/aromatic N) is 5. The lowest BCUT2D eigenvalue weighted by Crippen LogP contribution is -2.50. The van der Waals surface area contributed by atoms with E-state index in [9.17, 15) is 13.2 Å². The van der Waals surface area contributed by atoms with Crippen molar-refractivity contribution in [3.05, 3.63) is 53.2 Å². The molecule has 0 bridgehead atoms. The van der Waals surface area contributed by atoms with Crippen LogP contribution < -0.4 is 15.4 Å². The van der Waals surface area contributed by atoms with E-state index in [0.717, 1.165) is 32.1 Å². The van der Waals surface area contributed by atoms with E-state index >= 15 is 8.78 Å². The van der Waals surface area contributed by atoms with Crippen molar-refractivity contribution in [2.75, 3.05) is 51.2 Å². The number of aromatic nitrogens is 3. The number of pyridine rings is 1. The zero-order valence-electron chi connectivity index (χ0n) is 30.0. The van der Waals surface area contributed by atoms with E-state index in [1.807, 2.05) is 6.07 Å². The lowest BCUT2D eigenvalue weighted by molar-refractivity contribution is -0.149. The maximum atomic E-state index is 17.1. The van der Waals surface area contributed by atoms with Crippen molar-refractivity contribution in [1.82, 2.24) is 30.1 Å². The molecule has 13 heteroatoms. The summed E-state index contributed by atoms with van der Waals surface area (Å²) in [6.07, 6.45) is 7.07. The molecule has 53 heavy (non-hydrogen) atoms. The van der Waals surface area contributed by atoms with E-state index < -0.39 is 24.4 Å². The monoisotopic (exact) mass is 733 g/mol. The molecule has 4 aliphatic rings. The van der Waals surface area contributed by atoms with Gasteiger partial charge in [0.15, 0.2) is 5.82 Å². The molecule has 0 radical (unpaired) electrons. The lowest BCUT2D eigenvalue weighted by atomic mass is 9.89. The third-order valence-corrected chi connectivity index (χ3v) is 11.5. The Kier molecular flexibility index (Phi) is 9.44. The van der Waals surface area contributed by atoms with Crippen molar-refractivity contribution in [3.8, 4) is 29.6 Å². The van der Waals surface area contributed by atoms with Crippen LogP contribution in [0.1, 0.15) is 57.2 Å². The van der Waals surface area contributed by atoms with Crippen molar-refractivity contribution in [3.63, 3.8) is 0 Å². The summed E-state index contributed by atoms with van der Waals surface area (Å²) in [4.78, 5) is 18.2. The molecule has 2 aliphatic carbocycles. The minimum absolute atomic E-state index is 0.0351. The number of rotatable bonds is 11. The highest BCUT2D eigenvalue weighted by atomic mass is 19.4. The quantitative estimate of drug-likeness (QED) is 0.127. The van der Waals surface area contributed by atoms with Crippen LogP contribution in [0.3, 0.4) is 0 Å². The molecule has 2 aliphatic heterocycles. The molecule has 3 fully saturated rings. The fourth-order valence-electron chi connectivity index (χ4n) is 8.25. The maximum absolute atomic E-state index is 17.1. The van der Waals surface area contributed by atoms with E-state index in [1.165, 1.54) is 11.0 Å². The van der Waals surface area contributed by atoms with Crippen molar-refractivity contribution >= 4 is 27.5 Å². The Hall–Kier alpha value is -4.12. The van der Waals surface area contributed by atoms with E-state index in [-0.39, 0.29) is 46.2 Å². The number of ether oxygens (including phenoxy) is 1. The van der Waals surface area contributed by atoms with Crippen LogP contribution in [0.4, 0.5) is 27.8 Å². The van der Waals surface area contributed by atoms with E-state index in [2.05, 4.69) is 35.3 Å². The Balaban J connectivity index is 1.15. The molecule has 3 atom stereocenters. The number of anilines is 1. The molecule has 0 amide bonds. The molecule has 2 aromatic carbocycles. The second kappa shape index (κ2) is 13.9. The molecule has 1 saturated heterocycles. The average Bonchev–Trinajstić information content (AvgIpc) is 4.07. The van der Waals surface area contributed by atoms with E-state index in [0.29, 0.717) is 85.0 Å². The average molecular weight is 734 g/mol. The summed E-state index contributed by atoms with van der Waals surface area (Å²) in [5.41, 5.74) is 0.976. The first kappa shape index (κ1) is 35.9. The lowest BCUT2D eigenvalue weighted by Gasteiger charge is -2.36. The summed E-state index contributed by atoms with van der Waals surface area (Å²) in [5, 5.41) is 9.03. The molecule has 0 unspecified atom stereocenters. The Labute approximate surface area is 305 Å². The number of nitrogens with one attached hydrogen (secondary N) is 2. The minimum Gasteiger partial charge on any atom is -0.463 e. The zero-order valence-corrected chi connectivity index (χ0v) is 30.0. The van der Waals surface area contributed by atoms with Gasteiger partial charge < -0.3 is 20.3 Å².